The second-order valence-corrected chi connectivity index (χ2v) is 6.95. The smallest absolute Gasteiger partial charge is 0.243 e. The van der Waals surface area contributed by atoms with Crippen LogP contribution in [-0.2, 0) is 22.6 Å². The summed E-state index contributed by atoms with van der Waals surface area (Å²) < 4.78 is 13.2. The fourth-order valence-corrected chi connectivity index (χ4v) is 2.68. The first kappa shape index (κ1) is 22.3. The van der Waals surface area contributed by atoms with Crippen molar-refractivity contribution in [3.05, 3.63) is 59.5 Å². The van der Waals surface area contributed by atoms with Gasteiger partial charge in [-0.2, -0.15) is 0 Å². The van der Waals surface area contributed by atoms with Gasteiger partial charge in [-0.05, 0) is 49.8 Å². The fourth-order valence-electron chi connectivity index (χ4n) is 2.68. The van der Waals surface area contributed by atoms with E-state index in [0.29, 0.717) is 12.4 Å². The monoisotopic (exact) mass is 401 g/mol. The molecule has 1 heterocycles. The van der Waals surface area contributed by atoms with Gasteiger partial charge in [0.1, 0.15) is 17.7 Å². The highest BCUT2D eigenvalue weighted by Crippen LogP contribution is 2.08. The van der Waals surface area contributed by atoms with Crippen LogP contribution in [-0.4, -0.2) is 47.4 Å². The molecule has 0 aliphatic carbocycles. The number of rotatable bonds is 9. The van der Waals surface area contributed by atoms with Crippen LogP contribution in [0.2, 0.25) is 0 Å². The number of aromatic nitrogens is 1. The van der Waals surface area contributed by atoms with E-state index in [-0.39, 0.29) is 36.6 Å². The molecule has 2 aromatic rings. The Balaban J connectivity index is 2.09. The van der Waals surface area contributed by atoms with Crippen LogP contribution in [0.1, 0.15) is 25.0 Å². The van der Waals surface area contributed by atoms with Crippen molar-refractivity contribution in [1.29, 1.82) is 0 Å². The Kier molecular flexibility index (Phi) is 8.09. The molecule has 0 spiro atoms. The van der Waals surface area contributed by atoms with Crippen molar-refractivity contribution in [2.45, 2.75) is 38.9 Å². The number of nitrogens with one attached hydrogen (secondary N) is 2. The predicted molar refractivity (Wildman–Crippen MR) is 110 cm³/mol. The summed E-state index contributed by atoms with van der Waals surface area (Å²) in [5.41, 5.74) is 7.11. The summed E-state index contributed by atoms with van der Waals surface area (Å²) in [6, 6.07) is 8.13. The number of anilines is 1. The second kappa shape index (κ2) is 10.5. The normalized spacial score (nSPS) is 13.0. The molecule has 4 N–H and O–H groups in total. The maximum Gasteiger partial charge on any atom is 0.243 e. The SMILES string of the molecule is CCN(C)[C@@H](C)C(=O)N[C@@H](Cc1ccc(F)cc1)C(=O)NCc1ccc(N)nc1. The first-order chi connectivity index (χ1) is 13.8. The minimum absolute atomic E-state index is 0.245. The molecule has 8 heteroatoms. The Morgan fingerprint density at radius 2 is 1.79 bits per heavy atom. The number of pyridine rings is 1. The third kappa shape index (κ3) is 6.83. The number of nitrogens with two attached hydrogens (primary N) is 1. The number of hydrogen-bond donors (Lipinski definition) is 3. The van der Waals surface area contributed by atoms with Gasteiger partial charge in [-0.15, -0.1) is 0 Å². The van der Waals surface area contributed by atoms with E-state index in [1.54, 1.807) is 37.4 Å². The summed E-state index contributed by atoms with van der Waals surface area (Å²) in [6.07, 6.45) is 1.84. The molecular weight excluding hydrogens is 373 g/mol. The molecule has 2 rings (SSSR count). The molecule has 0 fully saturated rings. The van der Waals surface area contributed by atoms with Gasteiger partial charge in [-0.25, -0.2) is 9.37 Å². The third-order valence-corrected chi connectivity index (χ3v) is 4.84. The number of hydrogen-bond acceptors (Lipinski definition) is 5. The zero-order valence-electron chi connectivity index (χ0n) is 17.0. The lowest BCUT2D eigenvalue weighted by Crippen LogP contribution is -2.53. The van der Waals surface area contributed by atoms with Crippen molar-refractivity contribution in [3.8, 4) is 0 Å². The number of nitrogen functional groups attached to an aromatic ring is 1. The van der Waals surface area contributed by atoms with Gasteiger partial charge < -0.3 is 16.4 Å². The fraction of sp³-hybridized carbons (Fsp3) is 0.381. The molecule has 0 aliphatic rings. The predicted octanol–water partition coefficient (Wildman–Crippen LogP) is 1.49. The van der Waals surface area contributed by atoms with E-state index in [9.17, 15) is 14.0 Å². The van der Waals surface area contributed by atoms with E-state index >= 15 is 0 Å². The molecule has 1 aromatic heterocycles. The Labute approximate surface area is 170 Å². The largest absolute Gasteiger partial charge is 0.384 e. The molecule has 0 saturated carbocycles. The van der Waals surface area contributed by atoms with Crippen molar-refractivity contribution >= 4 is 17.6 Å². The molecule has 0 radical (unpaired) electrons. The van der Waals surface area contributed by atoms with Gasteiger partial charge in [-0.3, -0.25) is 14.5 Å². The molecule has 0 unspecified atom stereocenters. The minimum Gasteiger partial charge on any atom is -0.384 e. The van der Waals surface area contributed by atoms with Gasteiger partial charge in [0, 0.05) is 19.2 Å². The molecule has 7 nitrogen and oxygen atoms in total. The van der Waals surface area contributed by atoms with Crippen molar-refractivity contribution in [1.82, 2.24) is 20.5 Å². The maximum absolute atomic E-state index is 13.2. The highest BCUT2D eigenvalue weighted by molar-refractivity contribution is 5.89. The number of halogens is 1. The van der Waals surface area contributed by atoms with Gasteiger partial charge in [0.25, 0.3) is 0 Å². The Morgan fingerprint density at radius 1 is 1.14 bits per heavy atom. The summed E-state index contributed by atoms with van der Waals surface area (Å²) in [5.74, 6) is -0.528. The first-order valence-electron chi connectivity index (χ1n) is 9.53. The van der Waals surface area contributed by atoms with Crippen LogP contribution in [0.15, 0.2) is 42.6 Å². The molecule has 0 saturated heterocycles. The zero-order chi connectivity index (χ0) is 21.4. The van der Waals surface area contributed by atoms with Crippen molar-refractivity contribution in [3.63, 3.8) is 0 Å². The second-order valence-electron chi connectivity index (χ2n) is 6.95. The van der Waals surface area contributed by atoms with Gasteiger partial charge in [-0.1, -0.05) is 25.1 Å². The van der Waals surface area contributed by atoms with Crippen molar-refractivity contribution in [2.24, 2.45) is 0 Å². The number of nitrogens with zero attached hydrogens (tertiary/aromatic N) is 2. The van der Waals surface area contributed by atoms with Gasteiger partial charge in [0.2, 0.25) is 11.8 Å². The summed E-state index contributed by atoms with van der Waals surface area (Å²) in [6.45, 7) is 4.69. The lowest BCUT2D eigenvalue weighted by Gasteiger charge is -2.25. The van der Waals surface area contributed by atoms with Crippen LogP contribution < -0.4 is 16.4 Å². The molecule has 1 aromatic carbocycles. The van der Waals surface area contributed by atoms with Crippen molar-refractivity contribution < 1.29 is 14.0 Å². The quantitative estimate of drug-likeness (QED) is 0.591. The lowest BCUT2D eigenvalue weighted by atomic mass is 10.0. The first-order valence-corrected chi connectivity index (χ1v) is 9.53. The highest BCUT2D eigenvalue weighted by Gasteiger charge is 2.25. The van der Waals surface area contributed by atoms with E-state index in [1.807, 2.05) is 18.9 Å². The maximum atomic E-state index is 13.2. The van der Waals surface area contributed by atoms with Gasteiger partial charge in [0.15, 0.2) is 0 Å². The summed E-state index contributed by atoms with van der Waals surface area (Å²) in [7, 11) is 1.84. The average molecular weight is 401 g/mol. The molecule has 2 atom stereocenters. The zero-order valence-corrected chi connectivity index (χ0v) is 17.0. The molecule has 0 aliphatic heterocycles. The number of carbonyl (C=O) groups excluding carboxylic acids is 2. The highest BCUT2D eigenvalue weighted by atomic mass is 19.1. The van der Waals surface area contributed by atoms with E-state index in [1.165, 1.54) is 12.1 Å². The number of benzene rings is 1. The number of carbonyl (C=O) groups is 2. The number of amides is 2. The third-order valence-electron chi connectivity index (χ3n) is 4.84. The lowest BCUT2D eigenvalue weighted by molar-refractivity contribution is -0.131. The van der Waals surface area contributed by atoms with Crippen LogP contribution in [0.5, 0.6) is 0 Å². The van der Waals surface area contributed by atoms with Gasteiger partial charge in [0.05, 0.1) is 6.04 Å². The van der Waals surface area contributed by atoms with Crippen LogP contribution in [0.25, 0.3) is 0 Å². The van der Waals surface area contributed by atoms with E-state index < -0.39 is 6.04 Å². The van der Waals surface area contributed by atoms with E-state index in [0.717, 1.165) is 11.1 Å². The summed E-state index contributed by atoms with van der Waals surface area (Å²) >= 11 is 0. The van der Waals surface area contributed by atoms with Gasteiger partial charge >= 0.3 is 0 Å². The molecular formula is C21H28FN5O2. The van der Waals surface area contributed by atoms with Crippen LogP contribution in [0.3, 0.4) is 0 Å². The van der Waals surface area contributed by atoms with Crippen LogP contribution >= 0.6 is 0 Å². The average Bonchev–Trinajstić information content (AvgIpc) is 2.72. The Hall–Kier alpha value is -3.00. The van der Waals surface area contributed by atoms with Crippen LogP contribution in [0, 0.1) is 5.82 Å². The standard InChI is InChI=1S/C21H28FN5O2/c1-4-27(3)14(2)20(28)26-18(11-15-5-8-17(22)9-6-15)21(29)25-13-16-7-10-19(23)24-12-16/h5-10,12,14,18H,4,11,13H2,1-3H3,(H2,23,24)(H,25,29)(H,26,28)/t14-,18-/m0/s1. The Morgan fingerprint density at radius 3 is 2.38 bits per heavy atom. The van der Waals surface area contributed by atoms with E-state index in [2.05, 4.69) is 15.6 Å². The summed E-state index contributed by atoms with van der Waals surface area (Å²) in [4.78, 5) is 31.3. The molecule has 0 bridgehead atoms. The molecule has 156 valence electrons. The molecule has 2 amide bonds. The summed E-state index contributed by atoms with van der Waals surface area (Å²) in [5, 5.41) is 5.63. The number of likely N-dealkylation sites (N-methyl/N-ethyl adjacent to an activating group) is 1. The van der Waals surface area contributed by atoms with Crippen LogP contribution in [0.4, 0.5) is 10.2 Å². The minimum atomic E-state index is -0.789. The van der Waals surface area contributed by atoms with Crippen molar-refractivity contribution in [2.75, 3.05) is 19.3 Å². The topological polar surface area (TPSA) is 100 Å². The van der Waals surface area contributed by atoms with E-state index in [4.69, 9.17) is 5.73 Å². The molecule has 29 heavy (non-hydrogen) atoms. The Bertz CT molecular complexity index is 811.